The number of aryl methyl sites for hydroxylation is 2. The molecule has 0 atom stereocenters. The Kier molecular flexibility index (Phi) is 5.96. The first-order valence-electron chi connectivity index (χ1n) is 13.6. The molecule has 0 bridgehead atoms. The van der Waals surface area contributed by atoms with Crippen LogP contribution in [0.1, 0.15) is 56.2 Å². The summed E-state index contributed by atoms with van der Waals surface area (Å²) in [5.74, 6) is 0.570. The Bertz CT molecular complexity index is 1830. The fourth-order valence-corrected chi connectivity index (χ4v) is 6.80. The molecule has 2 nitrogen and oxygen atoms in total. The average molecular weight is 518 g/mol. The van der Waals surface area contributed by atoms with E-state index in [0.717, 1.165) is 23.2 Å². The van der Waals surface area contributed by atoms with Gasteiger partial charge in [0.05, 0.1) is 22.2 Å². The van der Waals surface area contributed by atoms with Crippen LogP contribution in [0.25, 0.3) is 54.3 Å². The van der Waals surface area contributed by atoms with Crippen molar-refractivity contribution in [3.63, 3.8) is 0 Å². The summed E-state index contributed by atoms with van der Waals surface area (Å²) in [5.41, 5.74) is 10.7. The second kappa shape index (κ2) is 9.10. The molecule has 3 heteroatoms. The smallest absolute Gasteiger partial charge is 0.137 e. The van der Waals surface area contributed by atoms with Gasteiger partial charge >= 0.3 is 0 Å². The highest BCUT2D eigenvalue weighted by molar-refractivity contribution is 7.19. The molecule has 3 aromatic carbocycles. The Morgan fingerprint density at radius 3 is 2.45 bits per heavy atom. The number of furan rings is 1. The van der Waals surface area contributed by atoms with E-state index in [1.54, 1.807) is 0 Å². The normalized spacial score (nSPS) is 12.4. The van der Waals surface area contributed by atoms with Crippen LogP contribution in [0.3, 0.4) is 0 Å². The lowest BCUT2D eigenvalue weighted by molar-refractivity contribution is 0.595. The summed E-state index contributed by atoms with van der Waals surface area (Å²) in [6.45, 7) is 15.8. The number of nitrogens with zero attached hydrogens (tertiary/aromatic N) is 1. The summed E-state index contributed by atoms with van der Waals surface area (Å²) in [6.07, 6.45) is 2.84. The van der Waals surface area contributed by atoms with Gasteiger partial charge in [-0.1, -0.05) is 71.0 Å². The summed E-state index contributed by atoms with van der Waals surface area (Å²) in [4.78, 5) is 6.61. The van der Waals surface area contributed by atoms with Crippen molar-refractivity contribution < 1.29 is 4.42 Å². The number of hydrogen-bond acceptors (Lipinski definition) is 3. The summed E-state index contributed by atoms with van der Waals surface area (Å²) >= 11 is 1.85. The average Bonchev–Trinajstić information content (AvgIpc) is 3.48. The number of fused-ring (bicyclic) bond motifs is 3. The van der Waals surface area contributed by atoms with E-state index in [9.17, 15) is 0 Å². The number of thiophene rings is 1. The molecule has 192 valence electrons. The van der Waals surface area contributed by atoms with Crippen LogP contribution in [0.4, 0.5) is 0 Å². The van der Waals surface area contributed by atoms with E-state index < -0.39 is 0 Å². The molecule has 6 aromatic rings. The maximum Gasteiger partial charge on any atom is 0.137 e. The van der Waals surface area contributed by atoms with Crippen LogP contribution in [0, 0.1) is 19.8 Å². The minimum atomic E-state index is 0.0205. The van der Waals surface area contributed by atoms with Gasteiger partial charge in [-0.3, -0.25) is 0 Å². The Morgan fingerprint density at radius 1 is 0.895 bits per heavy atom. The quantitative estimate of drug-likeness (QED) is 0.232. The van der Waals surface area contributed by atoms with Gasteiger partial charge in [-0.2, -0.15) is 0 Å². The van der Waals surface area contributed by atoms with Crippen molar-refractivity contribution in [2.75, 3.05) is 0 Å². The molecule has 0 saturated heterocycles. The van der Waals surface area contributed by atoms with E-state index in [2.05, 4.69) is 109 Å². The van der Waals surface area contributed by atoms with Gasteiger partial charge in [0.1, 0.15) is 5.58 Å². The highest BCUT2D eigenvalue weighted by atomic mass is 32.1. The van der Waals surface area contributed by atoms with Crippen molar-refractivity contribution in [1.29, 1.82) is 0 Å². The SMILES string of the molecule is Cc1sc2c(-c3ccc(CC(C)C)c4occc34)cc(-c3cc(C(C)(C)C)c4ccccc4c3)nc2c1C. The predicted octanol–water partition coefficient (Wildman–Crippen LogP) is 10.6. The molecule has 0 amide bonds. The van der Waals surface area contributed by atoms with Gasteiger partial charge in [0.2, 0.25) is 0 Å². The fraction of sp³-hybridized carbons (Fsp3) is 0.286. The molecule has 0 aliphatic rings. The topological polar surface area (TPSA) is 26.0 Å². The zero-order valence-electron chi connectivity index (χ0n) is 23.4. The molecule has 6 rings (SSSR count). The molecular weight excluding hydrogens is 482 g/mol. The first-order valence-corrected chi connectivity index (χ1v) is 14.4. The van der Waals surface area contributed by atoms with Crippen molar-refractivity contribution in [1.82, 2.24) is 4.98 Å². The van der Waals surface area contributed by atoms with Gasteiger partial charge in [-0.15, -0.1) is 11.3 Å². The van der Waals surface area contributed by atoms with Crippen LogP contribution in [0.2, 0.25) is 0 Å². The van der Waals surface area contributed by atoms with E-state index in [1.165, 1.54) is 59.1 Å². The highest BCUT2D eigenvalue weighted by Crippen LogP contribution is 2.43. The third-order valence-corrected chi connectivity index (χ3v) is 8.92. The summed E-state index contributed by atoms with van der Waals surface area (Å²) in [6, 6.07) is 22.4. The Hall–Kier alpha value is -3.43. The molecule has 0 fully saturated rings. The lowest BCUT2D eigenvalue weighted by Crippen LogP contribution is -2.12. The van der Waals surface area contributed by atoms with Crippen molar-refractivity contribution in [3.05, 3.63) is 88.5 Å². The van der Waals surface area contributed by atoms with E-state index in [-0.39, 0.29) is 5.41 Å². The molecule has 3 aromatic heterocycles. The molecule has 38 heavy (non-hydrogen) atoms. The molecule has 0 saturated carbocycles. The maximum atomic E-state index is 6.06. The Morgan fingerprint density at radius 2 is 1.68 bits per heavy atom. The maximum absolute atomic E-state index is 6.06. The second-order valence-corrected chi connectivity index (χ2v) is 13.3. The van der Waals surface area contributed by atoms with Gasteiger partial charge in [0.25, 0.3) is 0 Å². The summed E-state index contributed by atoms with van der Waals surface area (Å²) < 4.78 is 7.31. The number of rotatable bonds is 4. The van der Waals surface area contributed by atoms with E-state index in [4.69, 9.17) is 9.40 Å². The van der Waals surface area contributed by atoms with E-state index >= 15 is 0 Å². The Labute approximate surface area is 229 Å². The fourth-order valence-electron chi connectivity index (χ4n) is 5.67. The number of hydrogen-bond donors (Lipinski definition) is 0. The van der Waals surface area contributed by atoms with Crippen molar-refractivity contribution in [2.45, 2.75) is 60.3 Å². The van der Waals surface area contributed by atoms with E-state index in [0.29, 0.717) is 5.92 Å². The molecule has 0 spiro atoms. The van der Waals surface area contributed by atoms with Crippen LogP contribution in [-0.4, -0.2) is 4.98 Å². The van der Waals surface area contributed by atoms with Crippen LogP contribution in [-0.2, 0) is 11.8 Å². The minimum Gasteiger partial charge on any atom is -0.464 e. The summed E-state index contributed by atoms with van der Waals surface area (Å²) in [7, 11) is 0. The lowest BCUT2D eigenvalue weighted by Gasteiger charge is -2.23. The first-order chi connectivity index (χ1) is 18.1. The van der Waals surface area contributed by atoms with Crippen LogP contribution in [0.5, 0.6) is 0 Å². The Balaban J connectivity index is 1.65. The molecular formula is C35H35NOS. The third kappa shape index (κ3) is 4.14. The molecule has 0 aliphatic carbocycles. The van der Waals surface area contributed by atoms with Crippen LogP contribution in [0.15, 0.2) is 71.3 Å². The first kappa shape index (κ1) is 24.9. The number of benzene rings is 3. The number of pyridine rings is 1. The van der Waals surface area contributed by atoms with Gasteiger partial charge in [-0.25, -0.2) is 4.98 Å². The van der Waals surface area contributed by atoms with Gasteiger partial charge < -0.3 is 4.42 Å². The third-order valence-electron chi connectivity index (χ3n) is 7.69. The van der Waals surface area contributed by atoms with Crippen LogP contribution >= 0.6 is 11.3 Å². The van der Waals surface area contributed by atoms with Crippen molar-refractivity contribution in [2.24, 2.45) is 5.92 Å². The summed E-state index contributed by atoms with van der Waals surface area (Å²) in [5, 5.41) is 3.75. The highest BCUT2D eigenvalue weighted by Gasteiger charge is 2.22. The predicted molar refractivity (Wildman–Crippen MR) is 164 cm³/mol. The van der Waals surface area contributed by atoms with Gasteiger partial charge in [-0.05, 0) is 88.9 Å². The second-order valence-electron chi connectivity index (χ2n) is 12.0. The molecule has 0 aliphatic heterocycles. The molecule has 0 radical (unpaired) electrons. The van der Waals surface area contributed by atoms with Crippen molar-refractivity contribution >= 4 is 43.3 Å². The monoisotopic (exact) mass is 517 g/mol. The zero-order valence-corrected chi connectivity index (χ0v) is 24.2. The minimum absolute atomic E-state index is 0.0205. The van der Waals surface area contributed by atoms with E-state index in [1.807, 2.05) is 17.6 Å². The lowest BCUT2D eigenvalue weighted by atomic mass is 9.82. The standard InChI is InChI=1S/C35H35NOS/c1-20(2)16-24-12-13-27(28-14-15-37-33(24)28)29-19-31(36-32-21(3)22(4)38-34(29)32)25-17-23-10-8-9-11-26(23)30(18-25)35(5,6)7/h8-15,17-20H,16H2,1-7H3. The largest absolute Gasteiger partial charge is 0.464 e. The van der Waals surface area contributed by atoms with Gasteiger partial charge in [0, 0.05) is 21.4 Å². The molecule has 3 heterocycles. The van der Waals surface area contributed by atoms with Crippen LogP contribution < -0.4 is 0 Å². The molecule has 0 unspecified atom stereocenters. The number of aromatic nitrogens is 1. The zero-order chi connectivity index (χ0) is 26.8. The van der Waals surface area contributed by atoms with Gasteiger partial charge in [0.15, 0.2) is 0 Å². The molecule has 0 N–H and O–H groups in total. The van der Waals surface area contributed by atoms with Crippen molar-refractivity contribution in [3.8, 4) is 22.4 Å².